The summed E-state index contributed by atoms with van der Waals surface area (Å²) in [4.78, 5) is 30.2. The predicted octanol–water partition coefficient (Wildman–Crippen LogP) is 3.38. The van der Waals surface area contributed by atoms with E-state index in [1.165, 1.54) is 10.4 Å². The van der Waals surface area contributed by atoms with E-state index in [4.69, 9.17) is 14.7 Å². The van der Waals surface area contributed by atoms with Gasteiger partial charge in [0, 0.05) is 50.2 Å². The molecule has 33 heavy (non-hydrogen) atoms. The molecule has 2 fully saturated rings. The van der Waals surface area contributed by atoms with Gasteiger partial charge in [0.25, 0.3) is 5.69 Å². The summed E-state index contributed by atoms with van der Waals surface area (Å²) in [6.07, 6.45) is 0. The molecule has 0 spiro atoms. The Morgan fingerprint density at radius 1 is 1.03 bits per heavy atom. The number of rotatable bonds is 5. The number of nitrogens with zero attached hydrogens (tertiary/aromatic N) is 6. The molecular weight excluding hydrogens is 440 g/mol. The van der Waals surface area contributed by atoms with Crippen molar-refractivity contribution < 1.29 is 9.66 Å². The third-order valence-electron chi connectivity index (χ3n) is 6.52. The number of nitro groups is 1. The summed E-state index contributed by atoms with van der Waals surface area (Å²) in [6, 6.07) is 6.99. The van der Waals surface area contributed by atoms with Gasteiger partial charge in [-0.05, 0) is 25.5 Å². The second-order valence-corrected chi connectivity index (χ2v) is 9.74. The second-order valence-electron chi connectivity index (χ2n) is 8.54. The van der Waals surface area contributed by atoms with Crippen LogP contribution in [0.5, 0.6) is 0 Å². The maximum absolute atomic E-state index is 11.5. The molecule has 2 saturated heterocycles. The van der Waals surface area contributed by atoms with E-state index < -0.39 is 0 Å². The number of aryl methyl sites for hydroxylation is 2. The van der Waals surface area contributed by atoms with Crippen LogP contribution in [0.4, 0.5) is 17.2 Å². The zero-order valence-electron chi connectivity index (χ0n) is 19.0. The number of aromatic nitrogens is 2. The minimum Gasteiger partial charge on any atom is -0.379 e. The fourth-order valence-corrected chi connectivity index (χ4v) is 5.62. The summed E-state index contributed by atoms with van der Waals surface area (Å²) in [5, 5.41) is 12.6. The molecule has 0 saturated carbocycles. The van der Waals surface area contributed by atoms with Crippen LogP contribution >= 0.6 is 11.3 Å². The Kier molecular flexibility index (Phi) is 6.13. The van der Waals surface area contributed by atoms with Crippen LogP contribution in [-0.2, 0) is 11.3 Å². The SMILES string of the molecule is Cc1sc2nc(CN3CCOCC3)nc(N3CCN(c4ccccc4[N+](=O)[O-])CC3)c2c1C. The average Bonchev–Trinajstić information content (AvgIpc) is 3.12. The fraction of sp³-hybridized carbons (Fsp3) is 0.478. The van der Waals surface area contributed by atoms with E-state index in [-0.39, 0.29) is 10.6 Å². The van der Waals surface area contributed by atoms with Crippen molar-refractivity contribution in [3.8, 4) is 0 Å². The number of piperazine rings is 1. The van der Waals surface area contributed by atoms with Crippen LogP contribution in [0, 0.1) is 24.0 Å². The van der Waals surface area contributed by atoms with E-state index in [0.29, 0.717) is 18.8 Å². The molecule has 3 aromatic rings. The summed E-state index contributed by atoms with van der Waals surface area (Å²) < 4.78 is 5.48. The molecule has 2 aliphatic rings. The lowest BCUT2D eigenvalue weighted by atomic mass is 10.1. The number of thiophene rings is 1. The molecule has 0 radical (unpaired) electrons. The van der Waals surface area contributed by atoms with Gasteiger partial charge in [-0.15, -0.1) is 11.3 Å². The van der Waals surface area contributed by atoms with Crippen LogP contribution in [0.2, 0.25) is 0 Å². The molecule has 0 amide bonds. The predicted molar refractivity (Wildman–Crippen MR) is 131 cm³/mol. The lowest BCUT2D eigenvalue weighted by Gasteiger charge is -2.37. The Labute approximate surface area is 196 Å². The van der Waals surface area contributed by atoms with Gasteiger partial charge in [0.05, 0.1) is 30.1 Å². The Balaban J connectivity index is 1.42. The van der Waals surface area contributed by atoms with Gasteiger partial charge >= 0.3 is 0 Å². The number of hydrogen-bond donors (Lipinski definition) is 0. The van der Waals surface area contributed by atoms with Crippen molar-refractivity contribution in [2.75, 3.05) is 62.3 Å². The zero-order chi connectivity index (χ0) is 22.9. The highest BCUT2D eigenvalue weighted by molar-refractivity contribution is 7.18. The zero-order valence-corrected chi connectivity index (χ0v) is 19.8. The summed E-state index contributed by atoms with van der Waals surface area (Å²) in [6.45, 7) is 11.2. The fourth-order valence-electron chi connectivity index (χ4n) is 4.58. The highest BCUT2D eigenvalue weighted by atomic mass is 32.1. The van der Waals surface area contributed by atoms with Gasteiger partial charge in [-0.2, -0.15) is 0 Å². The van der Waals surface area contributed by atoms with E-state index in [9.17, 15) is 10.1 Å². The number of benzene rings is 1. The third kappa shape index (κ3) is 4.38. The van der Waals surface area contributed by atoms with Crippen molar-refractivity contribution in [3.63, 3.8) is 0 Å². The number of hydrogen-bond acceptors (Lipinski definition) is 9. The molecule has 0 atom stereocenters. The first kappa shape index (κ1) is 22.0. The van der Waals surface area contributed by atoms with Gasteiger partial charge in [-0.3, -0.25) is 15.0 Å². The maximum atomic E-state index is 11.5. The normalized spacial score (nSPS) is 17.6. The smallest absolute Gasteiger partial charge is 0.292 e. The Hall–Kier alpha value is -2.82. The molecule has 1 aromatic carbocycles. The number of ether oxygens (including phenoxy) is 1. The third-order valence-corrected chi connectivity index (χ3v) is 7.62. The lowest BCUT2D eigenvalue weighted by Crippen LogP contribution is -2.47. The number of nitro benzene ring substituents is 1. The van der Waals surface area contributed by atoms with Gasteiger partial charge < -0.3 is 14.5 Å². The molecule has 10 heteroatoms. The van der Waals surface area contributed by atoms with Crippen LogP contribution in [0.3, 0.4) is 0 Å². The molecule has 2 aromatic heterocycles. The second kappa shape index (κ2) is 9.20. The first-order valence-electron chi connectivity index (χ1n) is 11.3. The minimum absolute atomic E-state index is 0.160. The Morgan fingerprint density at radius 2 is 1.73 bits per heavy atom. The van der Waals surface area contributed by atoms with Crippen molar-refractivity contribution in [1.29, 1.82) is 0 Å². The molecule has 9 nitrogen and oxygen atoms in total. The lowest BCUT2D eigenvalue weighted by molar-refractivity contribution is -0.384. The van der Waals surface area contributed by atoms with Gasteiger partial charge in [0.2, 0.25) is 0 Å². The number of fused-ring (bicyclic) bond motifs is 1. The Bertz CT molecular complexity index is 1170. The molecule has 174 valence electrons. The van der Waals surface area contributed by atoms with E-state index in [0.717, 1.165) is 67.8 Å². The molecular formula is C23H28N6O3S. The van der Waals surface area contributed by atoms with Crippen molar-refractivity contribution >= 4 is 38.7 Å². The number of morpholine rings is 1. The Morgan fingerprint density at radius 3 is 2.45 bits per heavy atom. The average molecular weight is 469 g/mol. The van der Waals surface area contributed by atoms with Crippen molar-refractivity contribution in [2.24, 2.45) is 0 Å². The molecule has 0 N–H and O–H groups in total. The van der Waals surface area contributed by atoms with Crippen molar-refractivity contribution in [1.82, 2.24) is 14.9 Å². The maximum Gasteiger partial charge on any atom is 0.292 e. The van der Waals surface area contributed by atoms with Gasteiger partial charge in [-0.25, -0.2) is 9.97 Å². The molecule has 2 aliphatic heterocycles. The molecule has 0 unspecified atom stereocenters. The van der Waals surface area contributed by atoms with Crippen LogP contribution in [0.1, 0.15) is 16.3 Å². The quantitative estimate of drug-likeness (QED) is 0.416. The molecule has 0 bridgehead atoms. The van der Waals surface area contributed by atoms with Gasteiger partial charge in [0.1, 0.15) is 22.2 Å². The first-order chi connectivity index (χ1) is 16.0. The van der Waals surface area contributed by atoms with Crippen LogP contribution in [0.15, 0.2) is 24.3 Å². The monoisotopic (exact) mass is 468 g/mol. The van der Waals surface area contributed by atoms with Crippen LogP contribution in [0.25, 0.3) is 10.2 Å². The van der Waals surface area contributed by atoms with E-state index in [2.05, 4.69) is 28.5 Å². The highest BCUT2D eigenvalue weighted by Gasteiger charge is 2.27. The molecule has 0 aliphatic carbocycles. The van der Waals surface area contributed by atoms with E-state index in [1.807, 2.05) is 12.1 Å². The van der Waals surface area contributed by atoms with Crippen molar-refractivity contribution in [2.45, 2.75) is 20.4 Å². The number of para-hydroxylation sites is 2. The molecule has 5 rings (SSSR count). The summed E-state index contributed by atoms with van der Waals surface area (Å²) in [5.74, 6) is 1.84. The number of anilines is 2. The summed E-state index contributed by atoms with van der Waals surface area (Å²) in [5.41, 5.74) is 2.09. The van der Waals surface area contributed by atoms with Crippen LogP contribution in [-0.4, -0.2) is 72.3 Å². The highest BCUT2D eigenvalue weighted by Crippen LogP contribution is 2.36. The van der Waals surface area contributed by atoms with Gasteiger partial charge in [-0.1, -0.05) is 12.1 Å². The van der Waals surface area contributed by atoms with Gasteiger partial charge in [0.15, 0.2) is 0 Å². The molecule has 4 heterocycles. The van der Waals surface area contributed by atoms with E-state index in [1.54, 1.807) is 23.5 Å². The summed E-state index contributed by atoms with van der Waals surface area (Å²) in [7, 11) is 0. The largest absolute Gasteiger partial charge is 0.379 e. The van der Waals surface area contributed by atoms with E-state index >= 15 is 0 Å². The minimum atomic E-state index is -0.301. The standard InChI is InChI=1S/C23H28N6O3S/c1-16-17(2)33-23-21(16)22(24-20(25-23)15-26-11-13-32-14-12-26)28-9-7-27(8-10-28)18-5-3-4-6-19(18)29(30)31/h3-6H,7-15H2,1-2H3. The summed E-state index contributed by atoms with van der Waals surface area (Å²) >= 11 is 1.73. The van der Waals surface area contributed by atoms with Crippen molar-refractivity contribution in [3.05, 3.63) is 50.6 Å². The van der Waals surface area contributed by atoms with Crippen LogP contribution < -0.4 is 9.80 Å². The first-order valence-corrected chi connectivity index (χ1v) is 12.1. The topological polar surface area (TPSA) is 87.9 Å².